The fraction of sp³-hybridized carbons (Fsp3) is 0.231. The first-order valence-electron chi connectivity index (χ1n) is 10.1. The van der Waals surface area contributed by atoms with E-state index in [2.05, 4.69) is 61.6 Å². The van der Waals surface area contributed by atoms with E-state index in [9.17, 15) is 4.79 Å². The van der Waals surface area contributed by atoms with E-state index in [4.69, 9.17) is 9.72 Å². The zero-order valence-corrected chi connectivity index (χ0v) is 18.0. The summed E-state index contributed by atoms with van der Waals surface area (Å²) in [5, 5.41) is 6.13. The number of aromatic nitrogens is 1. The van der Waals surface area contributed by atoms with Gasteiger partial charge in [-0.05, 0) is 58.2 Å². The van der Waals surface area contributed by atoms with Gasteiger partial charge >= 0.3 is 6.09 Å². The Labute approximate surface area is 176 Å². The molecular weight excluding hydrogens is 372 g/mol. The number of fused-ring (bicyclic) bond motifs is 3. The molecule has 4 heteroatoms. The van der Waals surface area contributed by atoms with Crippen LogP contribution in [0.5, 0.6) is 0 Å². The first-order valence-corrected chi connectivity index (χ1v) is 10.1. The van der Waals surface area contributed by atoms with Gasteiger partial charge in [0.1, 0.15) is 5.60 Å². The number of benzene rings is 3. The molecule has 0 saturated carbocycles. The Morgan fingerprint density at radius 3 is 2.20 bits per heavy atom. The molecule has 152 valence electrons. The maximum atomic E-state index is 12.2. The molecular formula is C26H26N2O2. The molecule has 0 saturated heterocycles. The predicted molar refractivity (Wildman–Crippen MR) is 124 cm³/mol. The average Bonchev–Trinajstić information content (AvgIpc) is 2.66. The minimum atomic E-state index is -0.550. The van der Waals surface area contributed by atoms with Gasteiger partial charge in [0, 0.05) is 22.0 Å². The fourth-order valence-corrected chi connectivity index (χ4v) is 3.55. The first kappa shape index (κ1) is 19.9. The maximum Gasteiger partial charge on any atom is 0.412 e. The number of carbonyl (C=O) groups is 1. The van der Waals surface area contributed by atoms with Gasteiger partial charge in [-0.1, -0.05) is 53.6 Å². The van der Waals surface area contributed by atoms with Crippen LogP contribution in [0.25, 0.3) is 32.9 Å². The minimum absolute atomic E-state index is 0.475. The summed E-state index contributed by atoms with van der Waals surface area (Å²) in [6.07, 6.45) is -0.475. The van der Waals surface area contributed by atoms with Gasteiger partial charge in [0.2, 0.25) is 0 Å². The van der Waals surface area contributed by atoms with Crippen LogP contribution in [0.2, 0.25) is 0 Å². The van der Waals surface area contributed by atoms with Gasteiger partial charge in [0.05, 0.1) is 11.2 Å². The number of amides is 1. The molecule has 1 heterocycles. The number of hydrogen-bond donors (Lipinski definition) is 1. The number of rotatable bonds is 2. The van der Waals surface area contributed by atoms with Crippen molar-refractivity contribution in [2.45, 2.75) is 40.2 Å². The monoisotopic (exact) mass is 398 g/mol. The molecule has 1 N–H and O–H groups in total. The summed E-state index contributed by atoms with van der Waals surface area (Å²) in [5.74, 6) is 0. The third-order valence-electron chi connectivity index (χ3n) is 4.92. The van der Waals surface area contributed by atoms with E-state index >= 15 is 0 Å². The molecule has 0 fully saturated rings. The second kappa shape index (κ2) is 7.45. The number of pyridine rings is 1. The summed E-state index contributed by atoms with van der Waals surface area (Å²) in [6, 6.07) is 20.7. The second-order valence-electron chi connectivity index (χ2n) is 8.73. The molecule has 0 aliphatic rings. The Bertz CT molecular complexity index is 1250. The lowest BCUT2D eigenvalue weighted by molar-refractivity contribution is 0.0636. The zero-order valence-electron chi connectivity index (χ0n) is 18.0. The van der Waals surface area contributed by atoms with Crippen molar-refractivity contribution in [2.75, 3.05) is 5.32 Å². The predicted octanol–water partition coefficient (Wildman–Crippen LogP) is 7.02. The Hall–Kier alpha value is -3.40. The largest absolute Gasteiger partial charge is 0.444 e. The van der Waals surface area contributed by atoms with Crippen LogP contribution in [0, 0.1) is 13.8 Å². The highest BCUT2D eigenvalue weighted by atomic mass is 16.6. The summed E-state index contributed by atoms with van der Waals surface area (Å²) in [7, 11) is 0. The summed E-state index contributed by atoms with van der Waals surface area (Å²) < 4.78 is 5.37. The Kier molecular flexibility index (Phi) is 4.94. The maximum absolute atomic E-state index is 12.2. The van der Waals surface area contributed by atoms with E-state index in [0.29, 0.717) is 5.69 Å². The van der Waals surface area contributed by atoms with Crippen LogP contribution in [0.15, 0.2) is 60.7 Å². The van der Waals surface area contributed by atoms with Crippen LogP contribution < -0.4 is 5.32 Å². The SMILES string of the molecule is Cc1ccc(-c2nc3cc(NC(=O)OC(C)(C)C)ccc3c3ccc(C)cc23)cc1. The molecule has 3 aromatic carbocycles. The van der Waals surface area contributed by atoms with Crippen molar-refractivity contribution in [3.8, 4) is 11.3 Å². The van der Waals surface area contributed by atoms with Crippen molar-refractivity contribution in [3.63, 3.8) is 0 Å². The van der Waals surface area contributed by atoms with Crippen LogP contribution in [0.1, 0.15) is 31.9 Å². The summed E-state index contributed by atoms with van der Waals surface area (Å²) in [5.41, 5.74) is 5.36. The Morgan fingerprint density at radius 2 is 1.50 bits per heavy atom. The molecule has 1 aromatic heterocycles. The van der Waals surface area contributed by atoms with Crippen LogP contribution in [-0.2, 0) is 4.74 Å². The van der Waals surface area contributed by atoms with E-state index in [1.165, 1.54) is 11.1 Å². The van der Waals surface area contributed by atoms with Crippen LogP contribution >= 0.6 is 0 Å². The normalized spacial score (nSPS) is 11.6. The Balaban J connectivity index is 1.86. The molecule has 0 atom stereocenters. The van der Waals surface area contributed by atoms with Gasteiger partial charge < -0.3 is 4.74 Å². The van der Waals surface area contributed by atoms with Gasteiger partial charge in [-0.2, -0.15) is 0 Å². The van der Waals surface area contributed by atoms with E-state index in [0.717, 1.165) is 32.9 Å². The number of aryl methyl sites for hydroxylation is 2. The lowest BCUT2D eigenvalue weighted by atomic mass is 9.98. The van der Waals surface area contributed by atoms with Crippen LogP contribution in [-0.4, -0.2) is 16.7 Å². The third-order valence-corrected chi connectivity index (χ3v) is 4.92. The molecule has 30 heavy (non-hydrogen) atoms. The highest BCUT2D eigenvalue weighted by Crippen LogP contribution is 2.34. The molecule has 4 nitrogen and oxygen atoms in total. The number of ether oxygens (including phenoxy) is 1. The fourth-order valence-electron chi connectivity index (χ4n) is 3.55. The van der Waals surface area contributed by atoms with Crippen molar-refractivity contribution >= 4 is 33.5 Å². The van der Waals surface area contributed by atoms with E-state index < -0.39 is 11.7 Å². The second-order valence-corrected chi connectivity index (χ2v) is 8.73. The van der Waals surface area contributed by atoms with Gasteiger partial charge in [0.25, 0.3) is 0 Å². The quantitative estimate of drug-likeness (QED) is 0.369. The van der Waals surface area contributed by atoms with Crippen molar-refractivity contribution < 1.29 is 9.53 Å². The topological polar surface area (TPSA) is 51.2 Å². The number of hydrogen-bond acceptors (Lipinski definition) is 3. The zero-order chi connectivity index (χ0) is 21.5. The molecule has 0 aliphatic carbocycles. The standard InChI is InChI=1S/C26H26N2O2/c1-16-6-9-18(10-7-16)24-22-14-17(2)8-12-20(22)21-13-11-19(15-23(21)28-24)27-25(29)30-26(3,4)5/h6-15H,1-5H3,(H,27,29). The van der Waals surface area contributed by atoms with E-state index in [-0.39, 0.29) is 0 Å². The minimum Gasteiger partial charge on any atom is -0.444 e. The highest BCUT2D eigenvalue weighted by molar-refractivity contribution is 6.11. The lowest BCUT2D eigenvalue weighted by Gasteiger charge is -2.19. The lowest BCUT2D eigenvalue weighted by Crippen LogP contribution is -2.27. The summed E-state index contributed by atoms with van der Waals surface area (Å²) >= 11 is 0. The van der Waals surface area contributed by atoms with Crippen molar-refractivity contribution in [3.05, 3.63) is 71.8 Å². The average molecular weight is 399 g/mol. The molecule has 0 radical (unpaired) electrons. The van der Waals surface area contributed by atoms with Crippen molar-refractivity contribution in [2.24, 2.45) is 0 Å². The highest BCUT2D eigenvalue weighted by Gasteiger charge is 2.17. The van der Waals surface area contributed by atoms with Crippen LogP contribution in [0.3, 0.4) is 0 Å². The first-order chi connectivity index (χ1) is 14.2. The summed E-state index contributed by atoms with van der Waals surface area (Å²) in [6.45, 7) is 9.70. The molecule has 0 spiro atoms. The number of nitrogens with one attached hydrogen (secondary N) is 1. The molecule has 1 amide bonds. The van der Waals surface area contributed by atoms with Crippen LogP contribution in [0.4, 0.5) is 10.5 Å². The molecule has 0 bridgehead atoms. The van der Waals surface area contributed by atoms with Crippen molar-refractivity contribution in [1.29, 1.82) is 0 Å². The number of carbonyl (C=O) groups excluding carboxylic acids is 1. The molecule has 4 aromatic rings. The van der Waals surface area contributed by atoms with E-state index in [1.54, 1.807) is 0 Å². The molecule has 0 aliphatic heterocycles. The number of anilines is 1. The van der Waals surface area contributed by atoms with Gasteiger partial charge in [-0.3, -0.25) is 5.32 Å². The summed E-state index contributed by atoms with van der Waals surface area (Å²) in [4.78, 5) is 17.2. The smallest absolute Gasteiger partial charge is 0.412 e. The molecule has 4 rings (SSSR count). The number of nitrogens with zero attached hydrogens (tertiary/aromatic N) is 1. The van der Waals surface area contributed by atoms with Gasteiger partial charge in [-0.25, -0.2) is 9.78 Å². The van der Waals surface area contributed by atoms with Gasteiger partial charge in [-0.15, -0.1) is 0 Å². The van der Waals surface area contributed by atoms with E-state index in [1.807, 2.05) is 39.0 Å². The third kappa shape index (κ3) is 4.13. The van der Waals surface area contributed by atoms with Gasteiger partial charge in [0.15, 0.2) is 0 Å². The van der Waals surface area contributed by atoms with Crippen molar-refractivity contribution in [1.82, 2.24) is 4.98 Å². The Morgan fingerprint density at radius 1 is 0.833 bits per heavy atom. The molecule has 0 unspecified atom stereocenters.